The van der Waals surface area contributed by atoms with E-state index in [-0.39, 0.29) is 12.0 Å². The molecular formula is C13H15BrN2O3. The van der Waals surface area contributed by atoms with Crippen molar-refractivity contribution in [3.05, 3.63) is 33.8 Å². The SMILES string of the molecule is COC(=O)c1ccc(CN2CCN(C)C2=O)c(Br)c1. The second-order valence-corrected chi connectivity index (χ2v) is 5.28. The van der Waals surface area contributed by atoms with Gasteiger partial charge in [0.25, 0.3) is 0 Å². The van der Waals surface area contributed by atoms with Crippen LogP contribution in [0.3, 0.4) is 0 Å². The Hall–Kier alpha value is -1.56. The van der Waals surface area contributed by atoms with Gasteiger partial charge in [-0.05, 0) is 17.7 Å². The summed E-state index contributed by atoms with van der Waals surface area (Å²) in [6.45, 7) is 2.00. The predicted octanol–water partition coefficient (Wildman–Crippen LogP) is 2.10. The van der Waals surface area contributed by atoms with Crippen LogP contribution >= 0.6 is 15.9 Å². The minimum absolute atomic E-state index is 0.0314. The van der Waals surface area contributed by atoms with Gasteiger partial charge in [0.2, 0.25) is 0 Å². The largest absolute Gasteiger partial charge is 0.465 e. The minimum atomic E-state index is -0.371. The fourth-order valence-corrected chi connectivity index (χ4v) is 2.48. The molecule has 0 unspecified atom stereocenters. The molecule has 5 nitrogen and oxygen atoms in total. The van der Waals surface area contributed by atoms with Crippen LogP contribution in [0.4, 0.5) is 4.79 Å². The molecule has 0 aromatic heterocycles. The number of ether oxygens (including phenoxy) is 1. The number of halogens is 1. The van der Waals surface area contributed by atoms with Crippen molar-refractivity contribution in [3.8, 4) is 0 Å². The Kier molecular flexibility index (Phi) is 4.09. The average molecular weight is 327 g/mol. The first-order chi connectivity index (χ1) is 9.02. The van der Waals surface area contributed by atoms with Crippen molar-refractivity contribution in [2.24, 2.45) is 0 Å². The van der Waals surface area contributed by atoms with E-state index in [4.69, 9.17) is 0 Å². The van der Waals surface area contributed by atoms with Crippen LogP contribution in [0.25, 0.3) is 0 Å². The van der Waals surface area contributed by atoms with Crippen molar-refractivity contribution in [1.82, 2.24) is 9.80 Å². The Morgan fingerprint density at radius 3 is 2.68 bits per heavy atom. The zero-order valence-corrected chi connectivity index (χ0v) is 12.4. The van der Waals surface area contributed by atoms with Crippen LogP contribution in [-0.4, -0.2) is 49.0 Å². The third-order valence-electron chi connectivity index (χ3n) is 3.14. The van der Waals surface area contributed by atoms with Gasteiger partial charge in [-0.3, -0.25) is 0 Å². The molecule has 1 fully saturated rings. The Morgan fingerprint density at radius 1 is 1.42 bits per heavy atom. The van der Waals surface area contributed by atoms with Crippen LogP contribution < -0.4 is 0 Å². The van der Waals surface area contributed by atoms with Crippen molar-refractivity contribution in [1.29, 1.82) is 0 Å². The highest BCUT2D eigenvalue weighted by molar-refractivity contribution is 9.10. The van der Waals surface area contributed by atoms with E-state index in [1.54, 1.807) is 29.0 Å². The molecule has 1 aromatic carbocycles. The molecule has 19 heavy (non-hydrogen) atoms. The number of carbonyl (C=O) groups excluding carboxylic acids is 2. The monoisotopic (exact) mass is 326 g/mol. The van der Waals surface area contributed by atoms with Gasteiger partial charge < -0.3 is 14.5 Å². The van der Waals surface area contributed by atoms with Gasteiger partial charge >= 0.3 is 12.0 Å². The topological polar surface area (TPSA) is 49.9 Å². The number of methoxy groups -OCH3 is 1. The lowest BCUT2D eigenvalue weighted by Gasteiger charge is -2.17. The first kappa shape index (κ1) is 13.9. The van der Waals surface area contributed by atoms with E-state index in [9.17, 15) is 9.59 Å². The van der Waals surface area contributed by atoms with Gasteiger partial charge in [0.1, 0.15) is 0 Å². The molecule has 0 N–H and O–H groups in total. The van der Waals surface area contributed by atoms with Crippen molar-refractivity contribution < 1.29 is 14.3 Å². The van der Waals surface area contributed by atoms with E-state index in [1.807, 2.05) is 6.07 Å². The summed E-state index contributed by atoms with van der Waals surface area (Å²) in [5.41, 5.74) is 1.46. The normalized spacial score (nSPS) is 15.0. The first-order valence-corrected chi connectivity index (χ1v) is 6.69. The molecule has 0 atom stereocenters. The molecule has 0 bridgehead atoms. The maximum absolute atomic E-state index is 11.8. The standard InChI is InChI=1S/C13H15BrN2O3/c1-15-5-6-16(13(15)18)8-10-4-3-9(7-11(10)14)12(17)19-2/h3-4,7H,5-6,8H2,1-2H3. The summed E-state index contributed by atoms with van der Waals surface area (Å²) < 4.78 is 5.47. The second kappa shape index (κ2) is 5.61. The molecule has 1 aromatic rings. The van der Waals surface area contributed by atoms with E-state index >= 15 is 0 Å². The number of urea groups is 1. The van der Waals surface area contributed by atoms with Crippen LogP contribution in [0.5, 0.6) is 0 Å². The molecule has 2 rings (SSSR count). The van der Waals surface area contributed by atoms with Crippen LogP contribution in [0.15, 0.2) is 22.7 Å². The fourth-order valence-electron chi connectivity index (χ4n) is 1.98. The Morgan fingerprint density at radius 2 is 2.16 bits per heavy atom. The van der Waals surface area contributed by atoms with E-state index in [2.05, 4.69) is 20.7 Å². The lowest BCUT2D eigenvalue weighted by Crippen LogP contribution is -2.29. The van der Waals surface area contributed by atoms with E-state index < -0.39 is 0 Å². The number of benzene rings is 1. The Labute approximate surface area is 120 Å². The maximum atomic E-state index is 11.8. The van der Waals surface area contributed by atoms with Gasteiger partial charge in [0.05, 0.1) is 12.7 Å². The molecule has 102 valence electrons. The van der Waals surface area contributed by atoms with Crippen LogP contribution in [0.1, 0.15) is 15.9 Å². The molecule has 1 aliphatic heterocycles. The van der Waals surface area contributed by atoms with Gasteiger partial charge in [-0.15, -0.1) is 0 Å². The molecule has 1 aliphatic rings. The number of carbonyl (C=O) groups is 2. The van der Waals surface area contributed by atoms with E-state index in [1.165, 1.54) is 7.11 Å². The van der Waals surface area contributed by atoms with Crippen molar-refractivity contribution >= 4 is 27.9 Å². The van der Waals surface area contributed by atoms with Crippen LogP contribution in [0.2, 0.25) is 0 Å². The number of rotatable bonds is 3. The summed E-state index contributed by atoms with van der Waals surface area (Å²) in [6, 6.07) is 5.28. The summed E-state index contributed by atoms with van der Waals surface area (Å²) in [5, 5.41) is 0. The highest BCUT2D eigenvalue weighted by atomic mass is 79.9. The summed E-state index contributed by atoms with van der Waals surface area (Å²) in [7, 11) is 3.14. The molecule has 2 amide bonds. The number of hydrogen-bond acceptors (Lipinski definition) is 3. The third-order valence-corrected chi connectivity index (χ3v) is 3.88. The van der Waals surface area contributed by atoms with Crippen LogP contribution in [0, 0.1) is 0 Å². The first-order valence-electron chi connectivity index (χ1n) is 5.89. The number of nitrogens with zero attached hydrogens (tertiary/aromatic N) is 2. The number of hydrogen-bond donors (Lipinski definition) is 0. The van der Waals surface area contributed by atoms with Gasteiger partial charge in [-0.1, -0.05) is 22.0 Å². The van der Waals surface area contributed by atoms with E-state index in [0.29, 0.717) is 12.1 Å². The minimum Gasteiger partial charge on any atom is -0.465 e. The predicted molar refractivity (Wildman–Crippen MR) is 73.9 cm³/mol. The number of esters is 1. The molecule has 0 saturated carbocycles. The highest BCUT2D eigenvalue weighted by Gasteiger charge is 2.25. The van der Waals surface area contributed by atoms with Gasteiger partial charge in [-0.2, -0.15) is 0 Å². The molecule has 6 heteroatoms. The Bertz CT molecular complexity index is 519. The van der Waals surface area contributed by atoms with Gasteiger partial charge in [-0.25, -0.2) is 9.59 Å². The quantitative estimate of drug-likeness (QED) is 0.799. The molecule has 0 aliphatic carbocycles. The van der Waals surface area contributed by atoms with Gasteiger partial charge in [0.15, 0.2) is 0 Å². The molecule has 0 radical (unpaired) electrons. The number of amides is 2. The second-order valence-electron chi connectivity index (χ2n) is 4.42. The molecular weight excluding hydrogens is 312 g/mol. The zero-order valence-electron chi connectivity index (χ0n) is 10.9. The number of likely N-dealkylation sites (N-methyl/N-ethyl adjacent to an activating group) is 1. The zero-order chi connectivity index (χ0) is 14.0. The molecule has 1 saturated heterocycles. The average Bonchev–Trinajstić information content (AvgIpc) is 2.72. The smallest absolute Gasteiger partial charge is 0.337 e. The summed E-state index contributed by atoms with van der Waals surface area (Å²) in [5.74, 6) is -0.371. The van der Waals surface area contributed by atoms with Gasteiger partial charge in [0, 0.05) is 31.2 Å². The van der Waals surface area contributed by atoms with Crippen LogP contribution in [-0.2, 0) is 11.3 Å². The lowest BCUT2D eigenvalue weighted by atomic mass is 10.1. The highest BCUT2D eigenvalue weighted by Crippen LogP contribution is 2.22. The van der Waals surface area contributed by atoms with Crippen molar-refractivity contribution in [3.63, 3.8) is 0 Å². The third kappa shape index (κ3) is 2.89. The maximum Gasteiger partial charge on any atom is 0.337 e. The molecule has 1 heterocycles. The summed E-state index contributed by atoms with van der Waals surface area (Å²) in [6.07, 6.45) is 0. The summed E-state index contributed by atoms with van der Waals surface area (Å²) >= 11 is 3.43. The molecule has 0 spiro atoms. The van der Waals surface area contributed by atoms with Crippen molar-refractivity contribution in [2.45, 2.75) is 6.54 Å². The van der Waals surface area contributed by atoms with E-state index in [0.717, 1.165) is 23.1 Å². The Balaban J connectivity index is 2.14. The van der Waals surface area contributed by atoms with Crippen molar-refractivity contribution in [2.75, 3.05) is 27.2 Å². The lowest BCUT2D eigenvalue weighted by molar-refractivity contribution is 0.0600. The summed E-state index contributed by atoms with van der Waals surface area (Å²) in [4.78, 5) is 26.7. The fraction of sp³-hybridized carbons (Fsp3) is 0.385.